The van der Waals surface area contributed by atoms with Gasteiger partial charge >= 0.3 is 5.91 Å². The van der Waals surface area contributed by atoms with E-state index in [2.05, 4.69) is 19.9 Å². The zero-order chi connectivity index (χ0) is 21.1. The summed E-state index contributed by atoms with van der Waals surface area (Å²) in [7, 11) is 1.93. The largest absolute Gasteiger partial charge is 0.454 e. The molecule has 0 fully saturated rings. The number of aromatic nitrogens is 4. The highest BCUT2D eigenvalue weighted by atomic mass is 16.5. The van der Waals surface area contributed by atoms with Gasteiger partial charge in [-0.15, -0.1) is 0 Å². The van der Waals surface area contributed by atoms with E-state index in [-0.39, 0.29) is 5.82 Å². The summed E-state index contributed by atoms with van der Waals surface area (Å²) in [6.07, 6.45) is 2.71. The van der Waals surface area contributed by atoms with E-state index < -0.39 is 5.91 Å². The topological polar surface area (TPSA) is 113 Å². The molecule has 0 bridgehead atoms. The van der Waals surface area contributed by atoms with Crippen molar-refractivity contribution in [3.8, 4) is 11.5 Å². The van der Waals surface area contributed by atoms with Crippen LogP contribution < -0.4 is 15.1 Å². The van der Waals surface area contributed by atoms with Crippen molar-refractivity contribution in [2.24, 2.45) is 0 Å². The molecule has 0 saturated carbocycles. The van der Waals surface area contributed by atoms with Crippen molar-refractivity contribution in [3.63, 3.8) is 0 Å². The Hall–Kier alpha value is -4.11. The summed E-state index contributed by atoms with van der Waals surface area (Å²) in [5.74, 6) is 1.44. The van der Waals surface area contributed by atoms with Crippen LogP contribution >= 0.6 is 0 Å². The number of rotatable bonds is 5. The number of hydroxylamine groups is 1. The first kappa shape index (κ1) is 19.2. The fourth-order valence-electron chi connectivity index (χ4n) is 2.98. The normalized spacial score (nSPS) is 10.6. The third-order valence-electron chi connectivity index (χ3n) is 4.39. The average Bonchev–Trinajstić information content (AvgIpc) is 2.78. The Labute approximate surface area is 172 Å². The number of nitrogens with one attached hydrogen (secondary N) is 1. The van der Waals surface area contributed by atoms with Crippen LogP contribution in [0.3, 0.4) is 0 Å². The standard InChI is InChI=1S/C21H18N6O3/c1-13-24-18-9-4-3-8-17(18)20(25-13)27(2)14-6-5-7-15(10-14)30-16-11-22-19(23-12-16)21(28)26-29/h3-12,29H,1-2H3,(H,26,28). The number of para-hydroxylation sites is 1. The van der Waals surface area contributed by atoms with E-state index in [1.165, 1.54) is 17.9 Å². The minimum absolute atomic E-state index is 0.163. The molecule has 0 aliphatic carbocycles. The Morgan fingerprint density at radius 2 is 1.80 bits per heavy atom. The number of nitrogens with zero attached hydrogens (tertiary/aromatic N) is 5. The average molecular weight is 402 g/mol. The number of anilines is 2. The lowest BCUT2D eigenvalue weighted by Crippen LogP contribution is -2.21. The van der Waals surface area contributed by atoms with Gasteiger partial charge in [0.1, 0.15) is 17.4 Å². The van der Waals surface area contributed by atoms with Gasteiger partial charge in [-0.2, -0.15) is 0 Å². The molecule has 2 aromatic heterocycles. The second-order valence-electron chi connectivity index (χ2n) is 6.45. The highest BCUT2D eigenvalue weighted by molar-refractivity contribution is 5.91. The number of hydrogen-bond acceptors (Lipinski definition) is 8. The molecule has 2 N–H and O–H groups in total. The molecule has 2 heterocycles. The third kappa shape index (κ3) is 3.87. The minimum Gasteiger partial charge on any atom is -0.454 e. The summed E-state index contributed by atoms with van der Waals surface area (Å²) in [4.78, 5) is 30.1. The molecule has 1 amide bonds. The van der Waals surface area contributed by atoms with E-state index in [1.807, 2.05) is 61.3 Å². The van der Waals surface area contributed by atoms with Gasteiger partial charge in [0.15, 0.2) is 5.75 Å². The van der Waals surface area contributed by atoms with Crippen LogP contribution in [-0.2, 0) is 0 Å². The van der Waals surface area contributed by atoms with Gasteiger partial charge < -0.3 is 9.64 Å². The number of aryl methyl sites for hydroxylation is 1. The number of hydrogen-bond donors (Lipinski definition) is 2. The van der Waals surface area contributed by atoms with E-state index >= 15 is 0 Å². The molecule has 2 aromatic carbocycles. The fourth-order valence-corrected chi connectivity index (χ4v) is 2.98. The highest BCUT2D eigenvalue weighted by Gasteiger charge is 2.13. The number of fused-ring (bicyclic) bond motifs is 1. The van der Waals surface area contributed by atoms with E-state index in [0.717, 1.165) is 22.4 Å². The van der Waals surface area contributed by atoms with Crippen LogP contribution in [-0.4, -0.2) is 38.1 Å². The van der Waals surface area contributed by atoms with Crippen LogP contribution in [0.4, 0.5) is 11.5 Å². The molecule has 4 rings (SSSR count). The number of benzene rings is 2. The number of ether oxygens (including phenoxy) is 1. The van der Waals surface area contributed by atoms with E-state index in [4.69, 9.17) is 9.94 Å². The van der Waals surface area contributed by atoms with E-state index in [0.29, 0.717) is 17.3 Å². The Morgan fingerprint density at radius 1 is 1.03 bits per heavy atom. The van der Waals surface area contributed by atoms with Gasteiger partial charge in [-0.3, -0.25) is 10.0 Å². The summed E-state index contributed by atoms with van der Waals surface area (Å²) in [5, 5.41) is 9.58. The molecule has 0 radical (unpaired) electrons. The van der Waals surface area contributed by atoms with Crippen molar-refractivity contribution in [3.05, 3.63) is 72.6 Å². The quantitative estimate of drug-likeness (QED) is 0.386. The lowest BCUT2D eigenvalue weighted by atomic mass is 10.2. The summed E-state index contributed by atoms with van der Waals surface area (Å²) in [6, 6.07) is 15.3. The molecule has 0 saturated heterocycles. The van der Waals surface area contributed by atoms with Crippen LogP contribution in [0.25, 0.3) is 10.9 Å². The van der Waals surface area contributed by atoms with E-state index in [1.54, 1.807) is 6.07 Å². The first-order chi connectivity index (χ1) is 14.5. The van der Waals surface area contributed by atoms with Gasteiger partial charge in [0, 0.05) is 24.2 Å². The Bertz CT molecular complexity index is 1210. The first-order valence-corrected chi connectivity index (χ1v) is 9.06. The fraction of sp³-hybridized carbons (Fsp3) is 0.0952. The Balaban J connectivity index is 1.62. The van der Waals surface area contributed by atoms with Crippen molar-refractivity contribution >= 4 is 28.3 Å². The number of carbonyl (C=O) groups is 1. The maximum absolute atomic E-state index is 11.3. The molecule has 0 spiro atoms. The molecular formula is C21H18N6O3. The van der Waals surface area contributed by atoms with Gasteiger partial charge in [-0.25, -0.2) is 25.4 Å². The molecule has 30 heavy (non-hydrogen) atoms. The highest BCUT2D eigenvalue weighted by Crippen LogP contribution is 2.31. The van der Waals surface area contributed by atoms with Crippen molar-refractivity contribution in [2.75, 3.05) is 11.9 Å². The molecule has 0 atom stereocenters. The number of amides is 1. The van der Waals surface area contributed by atoms with Crippen molar-refractivity contribution in [2.45, 2.75) is 6.92 Å². The summed E-state index contributed by atoms with van der Waals surface area (Å²) in [6.45, 7) is 1.87. The molecule has 0 aliphatic heterocycles. The Morgan fingerprint density at radius 3 is 2.57 bits per heavy atom. The molecule has 9 nitrogen and oxygen atoms in total. The molecular weight excluding hydrogens is 384 g/mol. The van der Waals surface area contributed by atoms with Crippen LogP contribution in [0, 0.1) is 6.92 Å². The van der Waals surface area contributed by atoms with Crippen LogP contribution in [0.2, 0.25) is 0 Å². The van der Waals surface area contributed by atoms with Crippen molar-refractivity contribution < 1.29 is 14.7 Å². The molecule has 0 unspecified atom stereocenters. The third-order valence-corrected chi connectivity index (χ3v) is 4.39. The predicted octanol–water partition coefficient (Wildman–Crippen LogP) is 3.41. The van der Waals surface area contributed by atoms with Gasteiger partial charge in [0.2, 0.25) is 5.82 Å². The van der Waals surface area contributed by atoms with Crippen molar-refractivity contribution in [1.29, 1.82) is 0 Å². The van der Waals surface area contributed by atoms with Crippen LogP contribution in [0.15, 0.2) is 60.9 Å². The Kier molecular flexibility index (Phi) is 5.19. The predicted molar refractivity (Wildman–Crippen MR) is 110 cm³/mol. The lowest BCUT2D eigenvalue weighted by molar-refractivity contribution is 0.0694. The maximum atomic E-state index is 11.3. The number of carbonyl (C=O) groups excluding carboxylic acids is 1. The maximum Gasteiger partial charge on any atom is 0.312 e. The second-order valence-corrected chi connectivity index (χ2v) is 6.45. The molecule has 150 valence electrons. The molecule has 9 heteroatoms. The minimum atomic E-state index is -0.794. The monoisotopic (exact) mass is 402 g/mol. The van der Waals surface area contributed by atoms with Gasteiger partial charge in [0.25, 0.3) is 0 Å². The van der Waals surface area contributed by atoms with Gasteiger partial charge in [-0.1, -0.05) is 18.2 Å². The lowest BCUT2D eigenvalue weighted by Gasteiger charge is -2.21. The SMILES string of the molecule is Cc1nc(N(C)c2cccc(Oc3cnc(C(=O)NO)nc3)c2)c2ccccc2n1. The zero-order valence-electron chi connectivity index (χ0n) is 16.3. The summed E-state index contributed by atoms with van der Waals surface area (Å²) >= 11 is 0. The molecule has 4 aromatic rings. The van der Waals surface area contributed by atoms with E-state index in [9.17, 15) is 4.79 Å². The van der Waals surface area contributed by atoms with Crippen LogP contribution in [0.5, 0.6) is 11.5 Å². The van der Waals surface area contributed by atoms with Gasteiger partial charge in [-0.05, 0) is 31.2 Å². The summed E-state index contributed by atoms with van der Waals surface area (Å²) in [5.41, 5.74) is 3.23. The smallest absolute Gasteiger partial charge is 0.312 e. The second kappa shape index (κ2) is 8.10. The summed E-state index contributed by atoms with van der Waals surface area (Å²) < 4.78 is 5.81. The van der Waals surface area contributed by atoms with Crippen LogP contribution in [0.1, 0.15) is 16.4 Å². The van der Waals surface area contributed by atoms with Crippen molar-refractivity contribution in [1.82, 2.24) is 25.4 Å². The first-order valence-electron chi connectivity index (χ1n) is 9.06. The molecule has 0 aliphatic rings. The zero-order valence-corrected chi connectivity index (χ0v) is 16.3. The van der Waals surface area contributed by atoms with Gasteiger partial charge in [0.05, 0.1) is 17.9 Å².